The average molecular weight is 290 g/mol. The molecule has 0 unspecified atom stereocenters. The number of carbonyl (C=O) groups excluding carboxylic acids is 1. The first kappa shape index (κ1) is 14.6. The third-order valence-corrected chi connectivity index (χ3v) is 2.90. The fourth-order valence-electron chi connectivity index (χ4n) is 1.79. The molecule has 0 saturated heterocycles. The number of nitrogens with one attached hydrogen (secondary N) is 1. The minimum absolute atomic E-state index is 0.0580. The van der Waals surface area contributed by atoms with Crippen LogP contribution >= 0.6 is 0 Å². The summed E-state index contributed by atoms with van der Waals surface area (Å²) in [5.74, 6) is -0.381. The Morgan fingerprint density at radius 2 is 1.81 bits per heavy atom. The van der Waals surface area contributed by atoms with Crippen LogP contribution < -0.4 is 20.5 Å². The summed E-state index contributed by atoms with van der Waals surface area (Å²) in [6.45, 7) is 0. The number of nitrogen functional groups attached to an aromatic ring is 1. The number of benzene rings is 2. The Balaban J connectivity index is 2.21. The molecule has 2 rings (SSSR count). The quantitative estimate of drug-likeness (QED) is 0.849. The van der Waals surface area contributed by atoms with Crippen molar-refractivity contribution in [1.82, 2.24) is 0 Å². The lowest BCUT2D eigenvalue weighted by Crippen LogP contribution is -2.12. The van der Waals surface area contributed by atoms with Crippen molar-refractivity contribution in [1.29, 1.82) is 0 Å². The van der Waals surface area contributed by atoms with E-state index in [4.69, 9.17) is 15.2 Å². The van der Waals surface area contributed by atoms with Crippen LogP contribution in [-0.4, -0.2) is 20.1 Å². The number of hydrogen-bond donors (Lipinski definition) is 2. The lowest BCUT2D eigenvalue weighted by Gasteiger charge is -2.09. The minimum Gasteiger partial charge on any atom is -0.495 e. The Labute approximate surface area is 121 Å². The smallest absolute Gasteiger partial charge is 0.255 e. The minimum atomic E-state index is -0.496. The molecule has 0 heterocycles. The molecule has 0 fully saturated rings. The van der Waals surface area contributed by atoms with Crippen LogP contribution in [0.1, 0.15) is 10.4 Å². The van der Waals surface area contributed by atoms with E-state index in [0.717, 1.165) is 0 Å². The molecular formula is C15H15FN2O3. The third kappa shape index (κ3) is 3.22. The highest BCUT2D eigenvalue weighted by Gasteiger charge is 2.11. The number of nitrogens with two attached hydrogens (primary N) is 1. The van der Waals surface area contributed by atoms with Crippen LogP contribution in [0.2, 0.25) is 0 Å². The summed E-state index contributed by atoms with van der Waals surface area (Å²) in [7, 11) is 2.83. The fraction of sp³-hybridized carbons (Fsp3) is 0.133. The largest absolute Gasteiger partial charge is 0.495 e. The maximum absolute atomic E-state index is 13.3. The molecule has 0 aliphatic heterocycles. The summed E-state index contributed by atoms with van der Waals surface area (Å²) in [5, 5.41) is 2.65. The summed E-state index contributed by atoms with van der Waals surface area (Å²) >= 11 is 0. The van der Waals surface area contributed by atoms with Crippen LogP contribution in [0, 0.1) is 5.82 Å². The monoisotopic (exact) mass is 290 g/mol. The molecule has 0 spiro atoms. The molecule has 0 radical (unpaired) electrons. The molecule has 6 heteroatoms. The van der Waals surface area contributed by atoms with Gasteiger partial charge in [-0.3, -0.25) is 4.79 Å². The molecule has 0 saturated carbocycles. The van der Waals surface area contributed by atoms with E-state index in [2.05, 4.69) is 5.32 Å². The van der Waals surface area contributed by atoms with Gasteiger partial charge in [-0.2, -0.15) is 0 Å². The van der Waals surface area contributed by atoms with E-state index in [1.54, 1.807) is 12.1 Å². The SMILES string of the molecule is COc1cc(C(=O)Nc2ccc(F)c(OC)c2)ccc1N. The standard InChI is InChI=1S/C15H15FN2O3/c1-20-13-8-10(4-5-11(13)16)18-15(19)9-3-6-12(17)14(7-9)21-2/h3-8H,17H2,1-2H3,(H,18,19). The molecule has 3 N–H and O–H groups in total. The molecule has 0 aliphatic carbocycles. The van der Waals surface area contributed by atoms with Crippen molar-refractivity contribution in [2.75, 3.05) is 25.3 Å². The zero-order valence-corrected chi connectivity index (χ0v) is 11.6. The molecule has 5 nitrogen and oxygen atoms in total. The Hall–Kier alpha value is -2.76. The number of carbonyl (C=O) groups is 1. The highest BCUT2D eigenvalue weighted by molar-refractivity contribution is 6.04. The number of methoxy groups -OCH3 is 2. The zero-order chi connectivity index (χ0) is 15.4. The predicted octanol–water partition coefficient (Wildman–Crippen LogP) is 2.68. The van der Waals surface area contributed by atoms with Gasteiger partial charge >= 0.3 is 0 Å². The summed E-state index contributed by atoms with van der Waals surface area (Å²) < 4.78 is 23.2. The van der Waals surface area contributed by atoms with E-state index in [-0.39, 0.29) is 11.7 Å². The molecule has 2 aromatic rings. The molecular weight excluding hydrogens is 275 g/mol. The topological polar surface area (TPSA) is 73.6 Å². The van der Waals surface area contributed by atoms with Gasteiger partial charge in [0, 0.05) is 17.3 Å². The van der Waals surface area contributed by atoms with Crippen molar-refractivity contribution < 1.29 is 18.7 Å². The van der Waals surface area contributed by atoms with Crippen molar-refractivity contribution in [3.05, 3.63) is 47.8 Å². The second-order valence-corrected chi connectivity index (χ2v) is 4.26. The second-order valence-electron chi connectivity index (χ2n) is 4.26. The number of halogens is 1. The van der Waals surface area contributed by atoms with Gasteiger partial charge in [-0.05, 0) is 30.3 Å². The second kappa shape index (κ2) is 6.13. The molecule has 110 valence electrons. The fourth-order valence-corrected chi connectivity index (χ4v) is 1.79. The predicted molar refractivity (Wildman–Crippen MR) is 78.3 cm³/mol. The van der Waals surface area contributed by atoms with Crippen molar-refractivity contribution in [2.45, 2.75) is 0 Å². The van der Waals surface area contributed by atoms with Crippen molar-refractivity contribution in [3.8, 4) is 11.5 Å². The van der Waals surface area contributed by atoms with Gasteiger partial charge in [-0.1, -0.05) is 0 Å². The van der Waals surface area contributed by atoms with Crippen LogP contribution in [0.5, 0.6) is 11.5 Å². The Morgan fingerprint density at radius 3 is 2.48 bits per heavy atom. The average Bonchev–Trinajstić information content (AvgIpc) is 2.49. The van der Waals surface area contributed by atoms with Gasteiger partial charge in [0.25, 0.3) is 5.91 Å². The van der Waals surface area contributed by atoms with Crippen molar-refractivity contribution >= 4 is 17.3 Å². The van der Waals surface area contributed by atoms with Gasteiger partial charge in [0.1, 0.15) is 5.75 Å². The number of amides is 1. The molecule has 0 aromatic heterocycles. The molecule has 0 bridgehead atoms. The molecule has 2 aromatic carbocycles. The highest BCUT2D eigenvalue weighted by atomic mass is 19.1. The van der Waals surface area contributed by atoms with Crippen LogP contribution in [0.4, 0.5) is 15.8 Å². The molecule has 0 atom stereocenters. The van der Waals surface area contributed by atoms with Crippen LogP contribution in [-0.2, 0) is 0 Å². The molecule has 21 heavy (non-hydrogen) atoms. The lowest BCUT2D eigenvalue weighted by atomic mass is 10.1. The van der Waals surface area contributed by atoms with Gasteiger partial charge in [0.05, 0.1) is 19.9 Å². The van der Waals surface area contributed by atoms with E-state index >= 15 is 0 Å². The van der Waals surface area contributed by atoms with E-state index in [9.17, 15) is 9.18 Å². The first-order valence-corrected chi connectivity index (χ1v) is 6.13. The first-order valence-electron chi connectivity index (χ1n) is 6.13. The van der Waals surface area contributed by atoms with Crippen LogP contribution in [0.15, 0.2) is 36.4 Å². The van der Waals surface area contributed by atoms with Crippen LogP contribution in [0.3, 0.4) is 0 Å². The van der Waals surface area contributed by atoms with Gasteiger partial charge < -0.3 is 20.5 Å². The number of ether oxygens (including phenoxy) is 2. The Morgan fingerprint density at radius 1 is 1.10 bits per heavy atom. The number of hydrogen-bond acceptors (Lipinski definition) is 4. The summed E-state index contributed by atoms with van der Waals surface area (Å²) in [6.07, 6.45) is 0. The van der Waals surface area contributed by atoms with Crippen molar-refractivity contribution in [3.63, 3.8) is 0 Å². The van der Waals surface area contributed by atoms with E-state index < -0.39 is 5.82 Å². The van der Waals surface area contributed by atoms with E-state index in [1.807, 2.05) is 0 Å². The van der Waals surface area contributed by atoms with Gasteiger partial charge in [0.2, 0.25) is 0 Å². The van der Waals surface area contributed by atoms with Gasteiger partial charge in [-0.25, -0.2) is 4.39 Å². The molecule has 0 aliphatic rings. The van der Waals surface area contributed by atoms with E-state index in [1.165, 1.54) is 38.5 Å². The number of rotatable bonds is 4. The maximum Gasteiger partial charge on any atom is 0.255 e. The Kier molecular flexibility index (Phi) is 4.27. The maximum atomic E-state index is 13.3. The first-order chi connectivity index (χ1) is 10.0. The summed E-state index contributed by atoms with van der Waals surface area (Å²) in [4.78, 5) is 12.1. The zero-order valence-electron chi connectivity index (χ0n) is 11.6. The van der Waals surface area contributed by atoms with Gasteiger partial charge in [0.15, 0.2) is 11.6 Å². The van der Waals surface area contributed by atoms with Crippen LogP contribution in [0.25, 0.3) is 0 Å². The number of anilines is 2. The lowest BCUT2D eigenvalue weighted by molar-refractivity contribution is 0.102. The summed E-state index contributed by atoms with van der Waals surface area (Å²) in [5.41, 5.74) is 6.94. The summed E-state index contributed by atoms with van der Waals surface area (Å²) in [6, 6.07) is 8.77. The Bertz CT molecular complexity index is 674. The molecule has 1 amide bonds. The van der Waals surface area contributed by atoms with Crippen molar-refractivity contribution in [2.24, 2.45) is 0 Å². The van der Waals surface area contributed by atoms with Gasteiger partial charge in [-0.15, -0.1) is 0 Å². The highest BCUT2D eigenvalue weighted by Crippen LogP contribution is 2.24. The third-order valence-electron chi connectivity index (χ3n) is 2.90. The normalized spacial score (nSPS) is 10.0. The van der Waals surface area contributed by atoms with E-state index in [0.29, 0.717) is 22.7 Å².